The fourth-order valence-corrected chi connectivity index (χ4v) is 4.76. The molecule has 1 aliphatic heterocycles. The number of nitrogens with zero attached hydrogens (tertiary/aromatic N) is 2. The van der Waals surface area contributed by atoms with Crippen molar-refractivity contribution in [2.75, 3.05) is 6.61 Å². The van der Waals surface area contributed by atoms with Crippen LogP contribution in [0.3, 0.4) is 0 Å². The molecule has 0 saturated heterocycles. The molecule has 1 atom stereocenters. The van der Waals surface area contributed by atoms with E-state index in [-0.39, 0.29) is 22.3 Å². The number of esters is 2. The summed E-state index contributed by atoms with van der Waals surface area (Å²) < 4.78 is 26.3. The summed E-state index contributed by atoms with van der Waals surface area (Å²) in [4.78, 5) is 42.5. The van der Waals surface area contributed by atoms with Crippen LogP contribution in [-0.4, -0.2) is 23.1 Å². The molecule has 0 bridgehead atoms. The number of hydrogen-bond donors (Lipinski definition) is 0. The number of carbonyl (C=O) groups excluding carboxylic acids is 2. The van der Waals surface area contributed by atoms with Crippen LogP contribution in [0.5, 0.6) is 5.75 Å². The van der Waals surface area contributed by atoms with E-state index in [9.17, 15) is 18.8 Å². The van der Waals surface area contributed by atoms with Crippen LogP contribution < -0.4 is 19.6 Å². The molecule has 2 aromatic carbocycles. The summed E-state index contributed by atoms with van der Waals surface area (Å²) in [5.74, 6) is -1.16. The molecule has 1 unspecified atom stereocenters. The third-order valence-electron chi connectivity index (χ3n) is 5.17. The van der Waals surface area contributed by atoms with Crippen LogP contribution in [0.1, 0.15) is 37.9 Å². The van der Waals surface area contributed by atoms with Crippen LogP contribution in [0.25, 0.3) is 6.08 Å². The summed E-state index contributed by atoms with van der Waals surface area (Å²) in [6, 6.07) is 11.9. The number of thiazole rings is 1. The van der Waals surface area contributed by atoms with Crippen molar-refractivity contribution in [1.82, 2.24) is 4.57 Å². The highest BCUT2D eigenvalue weighted by atomic mass is 32.1. The largest absolute Gasteiger partial charge is 0.463 e. The van der Waals surface area contributed by atoms with Crippen LogP contribution >= 0.6 is 11.3 Å². The van der Waals surface area contributed by atoms with Gasteiger partial charge >= 0.3 is 11.9 Å². The molecule has 9 heteroatoms. The Balaban J connectivity index is 1.92. The molecule has 1 aromatic heterocycles. The molecule has 2 heterocycles. The molecule has 0 amide bonds. The average Bonchev–Trinajstić information content (AvgIpc) is 3.09. The molecule has 7 nitrogen and oxygen atoms in total. The molecule has 0 aliphatic carbocycles. The number of aromatic nitrogens is 1. The molecule has 0 saturated carbocycles. The molecule has 4 rings (SSSR count). The Morgan fingerprint density at radius 3 is 2.53 bits per heavy atom. The maximum absolute atomic E-state index is 14.2. The topological polar surface area (TPSA) is 87.0 Å². The van der Waals surface area contributed by atoms with Gasteiger partial charge in [0, 0.05) is 12.5 Å². The van der Waals surface area contributed by atoms with Gasteiger partial charge in [0.25, 0.3) is 5.56 Å². The molecule has 34 heavy (non-hydrogen) atoms. The monoisotopic (exact) mass is 480 g/mol. The van der Waals surface area contributed by atoms with Gasteiger partial charge in [-0.1, -0.05) is 41.7 Å². The summed E-state index contributed by atoms with van der Waals surface area (Å²) in [5.41, 5.74) is 1.12. The molecule has 3 aromatic rings. The number of benzene rings is 2. The quantitative estimate of drug-likeness (QED) is 0.414. The first kappa shape index (κ1) is 23.3. The Morgan fingerprint density at radius 2 is 1.88 bits per heavy atom. The maximum Gasteiger partial charge on any atom is 0.338 e. The zero-order chi connectivity index (χ0) is 24.4. The Hall–Kier alpha value is -3.85. The summed E-state index contributed by atoms with van der Waals surface area (Å²) in [6.45, 7) is 4.83. The highest BCUT2D eigenvalue weighted by Gasteiger charge is 2.33. The van der Waals surface area contributed by atoms with E-state index in [2.05, 4.69) is 4.99 Å². The van der Waals surface area contributed by atoms with Crippen molar-refractivity contribution in [3.8, 4) is 5.75 Å². The van der Waals surface area contributed by atoms with Crippen molar-refractivity contribution in [3.05, 3.63) is 96.4 Å². The standard InChI is InChI=1S/C25H21FN2O5S/c1-4-32-24(31)21-14(2)27-25-28(22(21)16-9-11-18(12-10-16)33-15(3)29)23(30)20(34-25)13-17-7-5-6-8-19(17)26/h5-13,22H,4H2,1-3H3/b20-13-. The molecule has 0 spiro atoms. The number of hydrogen-bond acceptors (Lipinski definition) is 7. The van der Waals surface area contributed by atoms with Gasteiger partial charge in [-0.3, -0.25) is 14.2 Å². The van der Waals surface area contributed by atoms with Crippen molar-refractivity contribution in [2.24, 2.45) is 4.99 Å². The Bertz CT molecular complexity index is 1480. The summed E-state index contributed by atoms with van der Waals surface area (Å²) in [7, 11) is 0. The Labute approximate surface area is 198 Å². The second-order valence-electron chi connectivity index (χ2n) is 7.49. The fourth-order valence-electron chi connectivity index (χ4n) is 3.72. The van der Waals surface area contributed by atoms with E-state index in [1.165, 1.54) is 23.6 Å². The molecule has 0 N–H and O–H groups in total. The van der Waals surface area contributed by atoms with E-state index in [1.807, 2.05) is 0 Å². The van der Waals surface area contributed by atoms with Gasteiger partial charge in [-0.2, -0.15) is 0 Å². The predicted octanol–water partition coefficient (Wildman–Crippen LogP) is 2.86. The van der Waals surface area contributed by atoms with E-state index in [1.54, 1.807) is 56.3 Å². The number of allylic oxidation sites excluding steroid dienone is 1. The number of halogens is 1. The molecular formula is C25H21FN2O5S. The molecule has 0 fully saturated rings. The normalized spacial score (nSPS) is 15.5. The van der Waals surface area contributed by atoms with Gasteiger partial charge in [0.2, 0.25) is 0 Å². The van der Waals surface area contributed by atoms with E-state index >= 15 is 0 Å². The second-order valence-corrected chi connectivity index (χ2v) is 8.50. The highest BCUT2D eigenvalue weighted by molar-refractivity contribution is 7.07. The van der Waals surface area contributed by atoms with E-state index < -0.39 is 29.4 Å². The summed E-state index contributed by atoms with van der Waals surface area (Å²) in [5, 5.41) is 0. The van der Waals surface area contributed by atoms with Gasteiger partial charge in [-0.15, -0.1) is 0 Å². The smallest absolute Gasteiger partial charge is 0.338 e. The van der Waals surface area contributed by atoms with Crippen molar-refractivity contribution >= 4 is 29.4 Å². The van der Waals surface area contributed by atoms with Crippen molar-refractivity contribution < 1.29 is 23.5 Å². The van der Waals surface area contributed by atoms with Crippen molar-refractivity contribution in [1.29, 1.82) is 0 Å². The van der Waals surface area contributed by atoms with Gasteiger partial charge in [-0.25, -0.2) is 14.2 Å². The number of carbonyl (C=O) groups is 2. The van der Waals surface area contributed by atoms with Gasteiger partial charge in [0.1, 0.15) is 11.6 Å². The third kappa shape index (κ3) is 4.47. The average molecular weight is 481 g/mol. The minimum absolute atomic E-state index is 0.158. The first-order chi connectivity index (χ1) is 16.3. The second kappa shape index (κ2) is 9.56. The fraction of sp³-hybridized carbons (Fsp3) is 0.200. The Morgan fingerprint density at radius 1 is 1.18 bits per heavy atom. The van der Waals surface area contributed by atoms with Crippen LogP contribution in [-0.2, 0) is 14.3 Å². The lowest BCUT2D eigenvalue weighted by Crippen LogP contribution is -2.39. The lowest BCUT2D eigenvalue weighted by atomic mass is 9.96. The van der Waals surface area contributed by atoms with Crippen molar-refractivity contribution in [2.45, 2.75) is 26.8 Å². The number of ether oxygens (including phenoxy) is 2. The Kier molecular flexibility index (Phi) is 6.56. The zero-order valence-corrected chi connectivity index (χ0v) is 19.5. The van der Waals surface area contributed by atoms with E-state index in [0.29, 0.717) is 21.8 Å². The minimum atomic E-state index is -0.815. The van der Waals surface area contributed by atoms with Crippen molar-refractivity contribution in [3.63, 3.8) is 0 Å². The van der Waals surface area contributed by atoms with E-state index in [4.69, 9.17) is 9.47 Å². The van der Waals surface area contributed by atoms with Crippen LogP contribution in [0, 0.1) is 5.82 Å². The van der Waals surface area contributed by atoms with E-state index in [0.717, 1.165) is 11.3 Å². The lowest BCUT2D eigenvalue weighted by Gasteiger charge is -2.24. The van der Waals surface area contributed by atoms with Crippen LogP contribution in [0.2, 0.25) is 0 Å². The molecule has 1 aliphatic rings. The maximum atomic E-state index is 14.2. The number of fused-ring (bicyclic) bond motifs is 1. The van der Waals surface area contributed by atoms with Crippen LogP contribution in [0.4, 0.5) is 4.39 Å². The van der Waals surface area contributed by atoms with Gasteiger partial charge in [0.15, 0.2) is 4.80 Å². The minimum Gasteiger partial charge on any atom is -0.463 e. The SMILES string of the molecule is CCOC(=O)C1=C(C)N=c2s/c(=C\c3ccccc3F)c(=O)n2C1c1ccc(OC(C)=O)cc1. The molecule has 174 valence electrons. The van der Waals surface area contributed by atoms with Gasteiger partial charge < -0.3 is 9.47 Å². The third-order valence-corrected chi connectivity index (χ3v) is 6.15. The lowest BCUT2D eigenvalue weighted by molar-refractivity contribution is -0.139. The summed E-state index contributed by atoms with van der Waals surface area (Å²) in [6.07, 6.45) is 1.48. The van der Waals surface area contributed by atoms with Gasteiger partial charge in [0.05, 0.1) is 28.5 Å². The molecule has 0 radical (unpaired) electrons. The summed E-state index contributed by atoms with van der Waals surface area (Å²) >= 11 is 1.11. The highest BCUT2D eigenvalue weighted by Crippen LogP contribution is 2.31. The zero-order valence-electron chi connectivity index (χ0n) is 18.7. The predicted molar refractivity (Wildman–Crippen MR) is 125 cm³/mol. The van der Waals surface area contributed by atoms with Gasteiger partial charge in [-0.05, 0) is 43.7 Å². The number of rotatable bonds is 5. The van der Waals surface area contributed by atoms with Crippen LogP contribution in [0.15, 0.2) is 69.6 Å². The first-order valence-corrected chi connectivity index (χ1v) is 11.3. The molecular weight excluding hydrogens is 459 g/mol. The first-order valence-electron chi connectivity index (χ1n) is 10.5.